The summed E-state index contributed by atoms with van der Waals surface area (Å²) in [5.41, 5.74) is 0.0718. The Morgan fingerprint density at radius 3 is 2.19 bits per heavy atom. The summed E-state index contributed by atoms with van der Waals surface area (Å²) >= 11 is 0. The Labute approximate surface area is 184 Å². The fourth-order valence-corrected chi connectivity index (χ4v) is 4.48. The number of nitrogens with one attached hydrogen (secondary N) is 1. The summed E-state index contributed by atoms with van der Waals surface area (Å²) in [6.07, 6.45) is 0.314. The van der Waals surface area contributed by atoms with Crippen LogP contribution in [0.5, 0.6) is 0 Å². The van der Waals surface area contributed by atoms with Crippen LogP contribution in [0.2, 0.25) is 0 Å². The number of hydrogen-bond donors (Lipinski definition) is 1. The molecule has 2 aromatic carbocycles. The second kappa shape index (κ2) is 9.88. The molecule has 3 rings (SSSR count). The van der Waals surface area contributed by atoms with Gasteiger partial charge in [0.05, 0.1) is 10.5 Å². The second-order valence-corrected chi connectivity index (χ2v) is 8.80. The molecule has 1 fully saturated rings. The Hall–Kier alpha value is -3.31. The molecule has 1 aliphatic rings. The van der Waals surface area contributed by atoms with Crippen LogP contribution in [0, 0.1) is 11.6 Å². The fraction of sp³-hybridized carbons (Fsp3) is 0.238. The van der Waals surface area contributed by atoms with Crippen LogP contribution in [0.1, 0.15) is 5.56 Å². The number of nitrogens with zero attached hydrogens (tertiary/aromatic N) is 2. The van der Waals surface area contributed by atoms with Crippen molar-refractivity contribution in [3.05, 3.63) is 72.3 Å². The smallest absolute Gasteiger partial charge is 0.410 e. The molecule has 0 spiro atoms. The van der Waals surface area contributed by atoms with E-state index in [9.17, 15) is 26.8 Å². The first-order chi connectivity index (χ1) is 15.2. The van der Waals surface area contributed by atoms with Crippen molar-refractivity contribution < 1.29 is 31.5 Å². The van der Waals surface area contributed by atoms with E-state index in [4.69, 9.17) is 4.74 Å². The van der Waals surface area contributed by atoms with Gasteiger partial charge in [0.15, 0.2) is 0 Å². The first kappa shape index (κ1) is 23.4. The van der Waals surface area contributed by atoms with Crippen LogP contribution in [0.15, 0.2) is 60.0 Å². The third-order valence-electron chi connectivity index (χ3n) is 4.84. The lowest BCUT2D eigenvalue weighted by Gasteiger charge is -2.33. The zero-order valence-corrected chi connectivity index (χ0v) is 17.8. The molecule has 170 valence electrons. The lowest BCUT2D eigenvalue weighted by Crippen LogP contribution is -2.50. The first-order valence-electron chi connectivity index (χ1n) is 9.60. The van der Waals surface area contributed by atoms with Crippen molar-refractivity contribution in [2.45, 2.75) is 11.5 Å². The number of hydrogen-bond acceptors (Lipinski definition) is 5. The van der Waals surface area contributed by atoms with Gasteiger partial charge < -0.3 is 15.0 Å². The van der Waals surface area contributed by atoms with Crippen LogP contribution in [-0.2, 0) is 26.2 Å². The Bertz CT molecular complexity index is 1090. The minimum absolute atomic E-state index is 0.0282. The Balaban J connectivity index is 1.56. The lowest BCUT2D eigenvalue weighted by atomic mass is 10.2. The van der Waals surface area contributed by atoms with Crippen LogP contribution < -0.4 is 5.32 Å². The van der Waals surface area contributed by atoms with Crippen molar-refractivity contribution in [1.82, 2.24) is 9.21 Å². The van der Waals surface area contributed by atoms with Crippen molar-refractivity contribution in [2.75, 3.05) is 31.5 Å². The molecule has 0 radical (unpaired) electrons. The highest BCUT2D eigenvalue weighted by molar-refractivity contribution is 7.89. The molecule has 0 bridgehead atoms. The zero-order chi connectivity index (χ0) is 23.3. The average molecular weight is 465 g/mol. The monoisotopic (exact) mass is 465 g/mol. The van der Waals surface area contributed by atoms with Crippen LogP contribution in [0.4, 0.5) is 19.3 Å². The van der Waals surface area contributed by atoms with Crippen molar-refractivity contribution >= 4 is 27.7 Å². The highest BCUT2D eigenvalue weighted by Gasteiger charge is 2.30. The van der Waals surface area contributed by atoms with Gasteiger partial charge in [0, 0.05) is 31.9 Å². The molecule has 0 atom stereocenters. The number of anilines is 1. The van der Waals surface area contributed by atoms with Gasteiger partial charge in [0.1, 0.15) is 18.2 Å². The molecule has 2 aromatic rings. The third kappa shape index (κ3) is 5.29. The van der Waals surface area contributed by atoms with Crippen LogP contribution in [-0.4, -0.2) is 55.8 Å². The summed E-state index contributed by atoms with van der Waals surface area (Å²) in [4.78, 5) is 24.9. The Kier molecular flexibility index (Phi) is 7.21. The normalized spacial score (nSPS) is 14.6. The predicted octanol–water partition coefficient (Wildman–Crippen LogP) is 2.73. The number of sulfonamides is 1. The standard InChI is InChI=1S/C21H21F2N3O5S/c1-2-20(27)24-15-6-8-16(9-7-15)32(29,30)26-12-10-25(11-13-26)21(28)31-14-17-18(22)4-3-5-19(17)23/h2-9H,1,10-14H2,(H,24,27). The molecule has 1 saturated heterocycles. The van der Waals surface area contributed by atoms with E-state index in [1.54, 1.807) is 0 Å². The SMILES string of the molecule is C=CC(=O)Nc1ccc(S(=O)(=O)N2CCN(C(=O)OCc3c(F)cccc3F)CC2)cc1. The van der Waals surface area contributed by atoms with Crippen LogP contribution in [0.3, 0.4) is 0 Å². The first-order valence-corrected chi connectivity index (χ1v) is 11.0. The maximum absolute atomic E-state index is 13.6. The third-order valence-corrected chi connectivity index (χ3v) is 6.76. The maximum atomic E-state index is 13.6. The van der Waals surface area contributed by atoms with Gasteiger partial charge in [-0.3, -0.25) is 4.79 Å². The number of carbonyl (C=O) groups is 2. The molecule has 32 heavy (non-hydrogen) atoms. The van der Waals surface area contributed by atoms with Gasteiger partial charge in [-0.1, -0.05) is 12.6 Å². The summed E-state index contributed by atoms with van der Waals surface area (Å²) in [5, 5.41) is 2.53. The van der Waals surface area contributed by atoms with Crippen molar-refractivity contribution in [2.24, 2.45) is 0 Å². The van der Waals surface area contributed by atoms with Gasteiger partial charge in [-0.2, -0.15) is 4.31 Å². The van der Waals surface area contributed by atoms with Crippen LogP contribution in [0.25, 0.3) is 0 Å². The highest BCUT2D eigenvalue weighted by atomic mass is 32.2. The van der Waals surface area contributed by atoms with E-state index >= 15 is 0 Å². The Morgan fingerprint density at radius 2 is 1.62 bits per heavy atom. The number of carbonyl (C=O) groups excluding carboxylic acids is 2. The van der Waals surface area contributed by atoms with E-state index in [1.165, 1.54) is 39.5 Å². The molecule has 0 unspecified atom stereocenters. The zero-order valence-electron chi connectivity index (χ0n) is 17.0. The number of piperazine rings is 1. The van der Waals surface area contributed by atoms with Gasteiger partial charge in [0.25, 0.3) is 0 Å². The molecule has 1 heterocycles. The van der Waals surface area contributed by atoms with E-state index in [0.29, 0.717) is 5.69 Å². The van der Waals surface area contributed by atoms with E-state index in [2.05, 4.69) is 11.9 Å². The number of amides is 2. The molecule has 0 saturated carbocycles. The average Bonchev–Trinajstić information content (AvgIpc) is 2.79. The maximum Gasteiger partial charge on any atom is 0.410 e. The van der Waals surface area contributed by atoms with E-state index in [-0.39, 0.29) is 36.6 Å². The van der Waals surface area contributed by atoms with Crippen molar-refractivity contribution in [3.63, 3.8) is 0 Å². The minimum Gasteiger partial charge on any atom is -0.444 e. The second-order valence-electron chi connectivity index (χ2n) is 6.86. The predicted molar refractivity (Wildman–Crippen MR) is 112 cm³/mol. The number of halogens is 2. The molecule has 11 heteroatoms. The summed E-state index contributed by atoms with van der Waals surface area (Å²) in [7, 11) is -3.81. The lowest BCUT2D eigenvalue weighted by molar-refractivity contribution is -0.111. The van der Waals surface area contributed by atoms with Crippen molar-refractivity contribution in [1.29, 1.82) is 0 Å². The van der Waals surface area contributed by atoms with E-state index in [1.807, 2.05) is 0 Å². The Morgan fingerprint density at radius 1 is 1.03 bits per heavy atom. The molecule has 1 aliphatic heterocycles. The fourth-order valence-electron chi connectivity index (χ4n) is 3.06. The van der Waals surface area contributed by atoms with Gasteiger partial charge in [-0.25, -0.2) is 22.0 Å². The molecule has 2 amide bonds. The largest absolute Gasteiger partial charge is 0.444 e. The summed E-state index contributed by atoms with van der Waals surface area (Å²) < 4.78 is 59.2. The van der Waals surface area contributed by atoms with E-state index in [0.717, 1.165) is 18.2 Å². The van der Waals surface area contributed by atoms with Crippen molar-refractivity contribution in [3.8, 4) is 0 Å². The summed E-state index contributed by atoms with van der Waals surface area (Å²) in [6.45, 7) is 2.96. The molecule has 1 N–H and O–H groups in total. The topological polar surface area (TPSA) is 96.0 Å². The molecule has 0 aromatic heterocycles. The number of benzene rings is 2. The molecular weight excluding hydrogens is 444 g/mol. The van der Waals surface area contributed by atoms with Gasteiger partial charge in [0.2, 0.25) is 15.9 Å². The van der Waals surface area contributed by atoms with E-state index < -0.39 is 40.3 Å². The molecule has 0 aliphatic carbocycles. The quantitative estimate of drug-likeness (QED) is 0.662. The number of rotatable bonds is 6. The number of ether oxygens (including phenoxy) is 1. The highest BCUT2D eigenvalue weighted by Crippen LogP contribution is 2.21. The minimum atomic E-state index is -3.81. The summed E-state index contributed by atoms with van der Waals surface area (Å²) in [5.74, 6) is -2.05. The molecular formula is C21H21F2N3O5S. The summed E-state index contributed by atoms with van der Waals surface area (Å²) in [6, 6.07) is 9.01. The van der Waals surface area contributed by atoms with Gasteiger partial charge >= 0.3 is 6.09 Å². The van der Waals surface area contributed by atoms with Gasteiger partial charge in [-0.05, 0) is 42.5 Å². The molecule has 8 nitrogen and oxygen atoms in total. The van der Waals surface area contributed by atoms with Gasteiger partial charge in [-0.15, -0.1) is 0 Å². The van der Waals surface area contributed by atoms with Crippen LogP contribution >= 0.6 is 0 Å².